The minimum absolute atomic E-state index is 0. The zero-order valence-corrected chi connectivity index (χ0v) is 20.0. The Bertz CT molecular complexity index is 1280. The van der Waals surface area contributed by atoms with Crippen molar-refractivity contribution < 1.29 is 9.13 Å². The quantitative estimate of drug-likeness (QED) is 0.561. The van der Waals surface area contributed by atoms with Gasteiger partial charge in [-0.15, -0.1) is 12.4 Å². The molecule has 174 valence electrons. The Morgan fingerprint density at radius 2 is 2.09 bits per heavy atom. The molecule has 1 saturated heterocycles. The van der Waals surface area contributed by atoms with Gasteiger partial charge < -0.3 is 19.5 Å². The van der Waals surface area contributed by atoms with Gasteiger partial charge in [0.1, 0.15) is 15.9 Å². The highest BCUT2D eigenvalue weighted by atomic mass is 35.5. The number of pyridine rings is 1. The van der Waals surface area contributed by atoms with Crippen molar-refractivity contribution in [3.8, 4) is 5.75 Å². The van der Waals surface area contributed by atoms with Crippen LogP contribution in [0.15, 0.2) is 15.7 Å². The fourth-order valence-corrected chi connectivity index (χ4v) is 5.89. The number of rotatable bonds is 6. The molecule has 7 nitrogen and oxygen atoms in total. The summed E-state index contributed by atoms with van der Waals surface area (Å²) in [5.41, 5.74) is 0.160. The number of aromatic nitrogens is 2. The molecule has 10 heteroatoms. The van der Waals surface area contributed by atoms with Crippen molar-refractivity contribution >= 4 is 50.7 Å². The van der Waals surface area contributed by atoms with Crippen molar-refractivity contribution in [3.05, 3.63) is 32.5 Å². The van der Waals surface area contributed by atoms with Crippen LogP contribution in [0, 0.1) is 11.7 Å². The number of anilines is 1. The molecule has 32 heavy (non-hydrogen) atoms. The molecule has 1 saturated carbocycles. The molecule has 2 atom stereocenters. The van der Waals surface area contributed by atoms with Crippen molar-refractivity contribution in [2.75, 3.05) is 31.6 Å². The van der Waals surface area contributed by atoms with E-state index in [1.807, 2.05) is 9.47 Å². The molecule has 2 aliphatic rings. The lowest BCUT2D eigenvalue weighted by Crippen LogP contribution is -2.35. The number of H-pyrrole nitrogens is 1. The average molecular weight is 483 g/mol. The second kappa shape index (κ2) is 8.68. The summed E-state index contributed by atoms with van der Waals surface area (Å²) < 4.78 is 26.0. The predicted octanol–water partition coefficient (Wildman–Crippen LogP) is 3.63. The highest BCUT2D eigenvalue weighted by molar-refractivity contribution is 7.12. The monoisotopic (exact) mass is 482 g/mol. The van der Waals surface area contributed by atoms with Crippen LogP contribution in [0.3, 0.4) is 0 Å². The van der Waals surface area contributed by atoms with Crippen molar-refractivity contribution in [2.24, 2.45) is 5.92 Å². The lowest BCUT2D eigenvalue weighted by molar-refractivity contribution is 0.406. The van der Waals surface area contributed by atoms with E-state index in [4.69, 9.17) is 4.74 Å². The second-order valence-electron chi connectivity index (χ2n) is 8.62. The molecule has 2 N–H and O–H groups in total. The topological polar surface area (TPSA) is 79.4 Å². The Labute approximate surface area is 195 Å². The summed E-state index contributed by atoms with van der Waals surface area (Å²) in [4.78, 5) is 28.1. The number of halogens is 2. The third kappa shape index (κ3) is 3.50. The van der Waals surface area contributed by atoms with E-state index in [0.29, 0.717) is 33.7 Å². The van der Waals surface area contributed by atoms with Crippen molar-refractivity contribution in [1.82, 2.24) is 14.3 Å². The summed E-state index contributed by atoms with van der Waals surface area (Å²) in [7, 11) is 1.53. The first kappa shape index (κ1) is 23.1. The number of benzene rings is 1. The van der Waals surface area contributed by atoms with Gasteiger partial charge in [-0.05, 0) is 56.2 Å². The maximum Gasteiger partial charge on any atom is 0.271 e. The maximum atomic E-state index is 15.5. The first-order valence-electron chi connectivity index (χ1n) is 10.9. The Balaban J connectivity index is 0.00000245. The molecule has 1 aliphatic heterocycles. The number of hydrogen-bond acceptors (Lipinski definition) is 6. The molecule has 1 unspecified atom stereocenters. The third-order valence-corrected chi connectivity index (χ3v) is 7.57. The van der Waals surface area contributed by atoms with Crippen LogP contribution in [-0.4, -0.2) is 41.7 Å². The van der Waals surface area contributed by atoms with Crippen LogP contribution >= 0.6 is 23.9 Å². The number of nitrogens with one attached hydrogen (secondary N) is 2. The van der Waals surface area contributed by atoms with Gasteiger partial charge in [-0.25, -0.2) is 4.39 Å². The first-order valence-corrected chi connectivity index (χ1v) is 11.7. The molecule has 1 aliphatic carbocycles. The maximum absolute atomic E-state index is 15.5. The van der Waals surface area contributed by atoms with Gasteiger partial charge in [-0.3, -0.25) is 14.0 Å². The lowest BCUT2D eigenvalue weighted by atomic mass is 10.0. The molecule has 1 aromatic carbocycles. The van der Waals surface area contributed by atoms with E-state index in [2.05, 4.69) is 23.5 Å². The SMILES string of the molecule is CCNC(C)[C@@H]1CCN(c2c(F)cc3c(=O)c4c(=O)[nH]sc4n(C4CC4)c3c2OC)C1.Cl. The molecule has 3 heterocycles. The van der Waals surface area contributed by atoms with Gasteiger partial charge in [0.2, 0.25) is 5.43 Å². The van der Waals surface area contributed by atoms with Crippen molar-refractivity contribution in [1.29, 1.82) is 0 Å². The van der Waals surface area contributed by atoms with E-state index in [-0.39, 0.29) is 29.2 Å². The molecule has 5 rings (SSSR count). The fraction of sp³-hybridized carbons (Fsp3) is 0.545. The van der Waals surface area contributed by atoms with E-state index >= 15 is 4.39 Å². The number of aromatic amines is 1. The summed E-state index contributed by atoms with van der Waals surface area (Å²) in [5, 5.41) is 3.78. The van der Waals surface area contributed by atoms with E-state index in [0.717, 1.165) is 50.4 Å². The number of hydrogen-bond donors (Lipinski definition) is 2. The van der Waals surface area contributed by atoms with Crippen LogP contribution in [0.4, 0.5) is 10.1 Å². The third-order valence-electron chi connectivity index (χ3n) is 6.69. The number of nitrogens with zero attached hydrogens (tertiary/aromatic N) is 2. The molecule has 0 spiro atoms. The van der Waals surface area contributed by atoms with Gasteiger partial charge in [0.15, 0.2) is 11.6 Å². The summed E-state index contributed by atoms with van der Waals surface area (Å²) in [6.07, 6.45) is 2.88. The fourth-order valence-electron chi connectivity index (χ4n) is 4.97. The van der Waals surface area contributed by atoms with Crippen LogP contribution < -0.4 is 25.9 Å². The normalized spacial score (nSPS) is 19.5. The van der Waals surface area contributed by atoms with Crippen LogP contribution in [-0.2, 0) is 0 Å². The number of ether oxygens (including phenoxy) is 1. The minimum Gasteiger partial charge on any atom is -0.492 e. The van der Waals surface area contributed by atoms with Crippen LogP contribution in [0.1, 0.15) is 39.2 Å². The number of methoxy groups -OCH3 is 1. The zero-order chi connectivity index (χ0) is 21.9. The van der Waals surface area contributed by atoms with Gasteiger partial charge in [0.05, 0.1) is 18.0 Å². The smallest absolute Gasteiger partial charge is 0.271 e. The highest BCUT2D eigenvalue weighted by Crippen LogP contribution is 2.46. The molecule has 3 aromatic rings. The van der Waals surface area contributed by atoms with Gasteiger partial charge in [0.25, 0.3) is 5.56 Å². The predicted molar refractivity (Wildman–Crippen MR) is 130 cm³/mol. The van der Waals surface area contributed by atoms with E-state index in [1.165, 1.54) is 13.2 Å². The zero-order valence-electron chi connectivity index (χ0n) is 18.4. The summed E-state index contributed by atoms with van der Waals surface area (Å²) in [6.45, 7) is 6.60. The van der Waals surface area contributed by atoms with E-state index in [1.54, 1.807) is 0 Å². The molecular formula is C22H28ClFN4O3S. The molecule has 0 amide bonds. The van der Waals surface area contributed by atoms with Gasteiger partial charge >= 0.3 is 0 Å². The average Bonchev–Trinajstić information content (AvgIpc) is 3.33. The number of fused-ring (bicyclic) bond motifs is 2. The standard InChI is InChI=1S/C22H27FN4O3S.ClH/c1-4-24-11(2)12-7-8-26(10-12)18-15(23)9-14-17(20(18)30-3)27(13-5-6-13)22-16(19(14)28)21(29)25-31-22;/h9,11-13,24H,4-8,10H2,1-3H3,(H,25,29);1H/t11?,12-;/m1./s1. The summed E-state index contributed by atoms with van der Waals surface area (Å²) >= 11 is 1.16. The van der Waals surface area contributed by atoms with E-state index < -0.39 is 16.8 Å². The highest BCUT2D eigenvalue weighted by Gasteiger charge is 2.35. The van der Waals surface area contributed by atoms with Crippen LogP contribution in [0.2, 0.25) is 0 Å². The second-order valence-corrected chi connectivity index (χ2v) is 9.42. The van der Waals surface area contributed by atoms with Gasteiger partial charge in [-0.2, -0.15) is 0 Å². The largest absolute Gasteiger partial charge is 0.492 e. The molecule has 0 bridgehead atoms. The molecular weight excluding hydrogens is 455 g/mol. The van der Waals surface area contributed by atoms with Gasteiger partial charge in [-0.1, -0.05) is 6.92 Å². The van der Waals surface area contributed by atoms with E-state index in [9.17, 15) is 9.59 Å². The Hall–Kier alpha value is -2.10. The van der Waals surface area contributed by atoms with Crippen molar-refractivity contribution in [2.45, 2.75) is 45.2 Å². The minimum atomic E-state index is -0.480. The molecule has 0 radical (unpaired) electrons. The lowest BCUT2D eigenvalue weighted by Gasteiger charge is -2.26. The molecule has 2 aromatic heterocycles. The van der Waals surface area contributed by atoms with Crippen molar-refractivity contribution in [3.63, 3.8) is 0 Å². The summed E-state index contributed by atoms with van der Waals surface area (Å²) in [5.74, 6) is 0.313. The molecule has 2 fully saturated rings. The Morgan fingerprint density at radius 3 is 2.75 bits per heavy atom. The van der Waals surface area contributed by atoms with Gasteiger partial charge in [0, 0.05) is 25.2 Å². The first-order chi connectivity index (χ1) is 15.0. The summed E-state index contributed by atoms with van der Waals surface area (Å²) in [6, 6.07) is 1.82. The van der Waals surface area contributed by atoms with Crippen LogP contribution in [0.25, 0.3) is 21.1 Å². The Kier molecular flexibility index (Phi) is 6.26. The van der Waals surface area contributed by atoms with Crippen LogP contribution in [0.5, 0.6) is 5.75 Å². The Morgan fingerprint density at radius 1 is 1.34 bits per heavy atom.